The molecule has 0 spiro atoms. The number of alkyl halides is 2. The number of benzene rings is 1. The van der Waals surface area contributed by atoms with Crippen LogP contribution in [0.25, 0.3) is 10.9 Å². The van der Waals surface area contributed by atoms with Crippen molar-refractivity contribution < 1.29 is 18.3 Å². The molecule has 3 aromatic rings. The van der Waals surface area contributed by atoms with Gasteiger partial charge in [-0.1, -0.05) is 6.92 Å². The van der Waals surface area contributed by atoms with Gasteiger partial charge in [0, 0.05) is 30.4 Å². The zero-order valence-electron chi connectivity index (χ0n) is 15.7. The van der Waals surface area contributed by atoms with E-state index < -0.39 is 6.61 Å². The lowest BCUT2D eigenvalue weighted by Gasteiger charge is -2.13. The molecule has 2 aromatic heterocycles. The van der Waals surface area contributed by atoms with Gasteiger partial charge in [-0.2, -0.15) is 13.9 Å². The van der Waals surface area contributed by atoms with E-state index in [4.69, 9.17) is 4.74 Å². The number of ether oxygens (including phenoxy) is 2. The molecule has 0 amide bonds. The van der Waals surface area contributed by atoms with E-state index in [-0.39, 0.29) is 5.75 Å². The summed E-state index contributed by atoms with van der Waals surface area (Å²) in [6.45, 7) is 1.53. The summed E-state index contributed by atoms with van der Waals surface area (Å²) in [5.41, 5.74) is 4.21. The van der Waals surface area contributed by atoms with Gasteiger partial charge in [-0.3, -0.25) is 4.98 Å². The molecule has 2 heterocycles. The minimum atomic E-state index is -2.87. The van der Waals surface area contributed by atoms with Crippen LogP contribution in [0.4, 0.5) is 14.5 Å². The molecule has 0 aliphatic heterocycles. The molecule has 8 heteroatoms. The summed E-state index contributed by atoms with van der Waals surface area (Å²) in [7, 11) is 3.45. The highest BCUT2D eigenvalue weighted by Gasteiger charge is 2.16. The number of nitrogens with one attached hydrogen (secondary N) is 1. The van der Waals surface area contributed by atoms with Crippen LogP contribution >= 0.6 is 0 Å². The summed E-state index contributed by atoms with van der Waals surface area (Å²) < 4.78 is 36.8. The van der Waals surface area contributed by atoms with Gasteiger partial charge >= 0.3 is 6.61 Å². The molecule has 1 aromatic carbocycles. The number of rotatable bonds is 7. The van der Waals surface area contributed by atoms with Crippen LogP contribution in [-0.4, -0.2) is 28.5 Å². The fourth-order valence-electron chi connectivity index (χ4n) is 3.17. The summed E-state index contributed by atoms with van der Waals surface area (Å²) in [5, 5.41) is 8.55. The first-order valence-electron chi connectivity index (χ1n) is 8.61. The molecule has 1 N–H and O–H groups in total. The Labute approximate surface area is 156 Å². The normalized spacial score (nSPS) is 11.2. The second kappa shape index (κ2) is 7.77. The summed E-state index contributed by atoms with van der Waals surface area (Å²) in [6.07, 6.45) is 0.775. The second-order valence-corrected chi connectivity index (χ2v) is 6.13. The third kappa shape index (κ3) is 3.94. The Morgan fingerprint density at radius 3 is 2.70 bits per heavy atom. The monoisotopic (exact) mass is 376 g/mol. The highest BCUT2D eigenvalue weighted by atomic mass is 19.3. The Bertz CT molecular complexity index is 957. The molecule has 0 saturated carbocycles. The van der Waals surface area contributed by atoms with Gasteiger partial charge in [0.2, 0.25) is 5.88 Å². The third-order valence-electron chi connectivity index (χ3n) is 4.29. The highest BCUT2D eigenvalue weighted by Crippen LogP contribution is 2.30. The first-order valence-corrected chi connectivity index (χ1v) is 8.61. The van der Waals surface area contributed by atoms with Crippen molar-refractivity contribution in [1.82, 2.24) is 14.8 Å². The number of halogens is 2. The number of hydrogen-bond acceptors (Lipinski definition) is 5. The Balaban J connectivity index is 1.97. The number of methoxy groups -OCH3 is 1. The number of aryl methyl sites for hydroxylation is 3. The summed E-state index contributed by atoms with van der Waals surface area (Å²) in [5.74, 6) is 0.788. The maximum absolute atomic E-state index is 12.5. The lowest BCUT2D eigenvalue weighted by molar-refractivity contribution is -0.0497. The quantitative estimate of drug-likeness (QED) is 0.674. The van der Waals surface area contributed by atoms with Crippen LogP contribution in [0.2, 0.25) is 0 Å². The number of pyridine rings is 1. The number of fused-ring (bicyclic) bond motifs is 1. The van der Waals surface area contributed by atoms with Gasteiger partial charge < -0.3 is 14.8 Å². The van der Waals surface area contributed by atoms with E-state index in [2.05, 4.69) is 20.1 Å². The minimum absolute atomic E-state index is 0.0967. The zero-order chi connectivity index (χ0) is 19.6. The lowest BCUT2D eigenvalue weighted by atomic mass is 10.1. The van der Waals surface area contributed by atoms with Crippen molar-refractivity contribution in [3.63, 3.8) is 0 Å². The molecule has 0 fully saturated rings. The van der Waals surface area contributed by atoms with Crippen LogP contribution in [0, 0.1) is 6.92 Å². The molecule has 0 atom stereocenters. The fourth-order valence-corrected chi connectivity index (χ4v) is 3.17. The smallest absolute Gasteiger partial charge is 0.387 e. The van der Waals surface area contributed by atoms with E-state index in [1.54, 1.807) is 23.9 Å². The molecule has 0 bridgehead atoms. The van der Waals surface area contributed by atoms with Crippen molar-refractivity contribution in [3.8, 4) is 11.6 Å². The van der Waals surface area contributed by atoms with E-state index in [1.165, 1.54) is 6.07 Å². The van der Waals surface area contributed by atoms with Gasteiger partial charge in [0.15, 0.2) is 0 Å². The average molecular weight is 376 g/mol. The van der Waals surface area contributed by atoms with Gasteiger partial charge in [0.25, 0.3) is 0 Å². The minimum Gasteiger partial charge on any atom is -0.481 e. The topological polar surface area (TPSA) is 61.2 Å². The first-order chi connectivity index (χ1) is 12.9. The van der Waals surface area contributed by atoms with Crippen LogP contribution in [0.5, 0.6) is 11.6 Å². The molecule has 0 aliphatic carbocycles. The van der Waals surface area contributed by atoms with Crippen LogP contribution < -0.4 is 14.8 Å². The van der Waals surface area contributed by atoms with E-state index in [1.807, 2.05) is 27.0 Å². The largest absolute Gasteiger partial charge is 0.481 e. The Kier molecular flexibility index (Phi) is 5.43. The Morgan fingerprint density at radius 2 is 2.04 bits per heavy atom. The Morgan fingerprint density at radius 1 is 1.26 bits per heavy atom. The molecule has 3 rings (SSSR count). The SMILES string of the molecule is CCc1nn(C)c(OC)c1CNc1cc(C)nc2ccc(OC(F)F)cc12. The number of hydrogen-bond donors (Lipinski definition) is 1. The number of anilines is 1. The number of aromatic nitrogens is 3. The molecular formula is C19H22F2N4O2. The van der Waals surface area contributed by atoms with Gasteiger partial charge in [0.05, 0.1) is 23.9 Å². The van der Waals surface area contributed by atoms with Crippen LogP contribution in [-0.2, 0) is 20.0 Å². The van der Waals surface area contributed by atoms with Crippen LogP contribution in [0.3, 0.4) is 0 Å². The predicted octanol–water partition coefficient (Wildman–Crippen LogP) is 4.06. The van der Waals surface area contributed by atoms with Gasteiger partial charge in [-0.05, 0) is 37.6 Å². The molecule has 6 nitrogen and oxygen atoms in total. The fraction of sp³-hybridized carbons (Fsp3) is 0.368. The molecule has 0 unspecified atom stereocenters. The van der Waals surface area contributed by atoms with Crippen molar-refractivity contribution in [1.29, 1.82) is 0 Å². The van der Waals surface area contributed by atoms with E-state index >= 15 is 0 Å². The van der Waals surface area contributed by atoms with Gasteiger partial charge in [0.1, 0.15) is 5.75 Å². The van der Waals surface area contributed by atoms with Crippen molar-refractivity contribution in [2.75, 3.05) is 12.4 Å². The average Bonchev–Trinajstić information content (AvgIpc) is 2.94. The highest BCUT2D eigenvalue weighted by molar-refractivity contribution is 5.92. The summed E-state index contributed by atoms with van der Waals surface area (Å²) in [4.78, 5) is 4.46. The first kappa shape index (κ1) is 18.9. The van der Waals surface area contributed by atoms with Crippen molar-refractivity contribution >= 4 is 16.6 Å². The maximum Gasteiger partial charge on any atom is 0.387 e. The van der Waals surface area contributed by atoms with Gasteiger partial charge in [-0.25, -0.2) is 4.68 Å². The van der Waals surface area contributed by atoms with E-state index in [0.717, 1.165) is 29.1 Å². The maximum atomic E-state index is 12.5. The molecule has 0 radical (unpaired) electrons. The van der Waals surface area contributed by atoms with E-state index in [9.17, 15) is 8.78 Å². The number of nitrogens with zero attached hydrogens (tertiary/aromatic N) is 3. The Hall–Kier alpha value is -2.90. The molecule has 0 saturated heterocycles. The van der Waals surface area contributed by atoms with Crippen molar-refractivity contribution in [2.24, 2.45) is 7.05 Å². The standard InChI is InChI=1S/C19H22F2N4O2/c1-5-15-14(18(26-4)25(3)24-15)10-22-17-8-11(2)23-16-7-6-12(9-13(16)17)27-19(20)21/h6-9,19H,5,10H2,1-4H3,(H,22,23). The van der Waals surface area contributed by atoms with Crippen molar-refractivity contribution in [2.45, 2.75) is 33.4 Å². The molecule has 0 aliphatic rings. The van der Waals surface area contributed by atoms with Crippen LogP contribution in [0.1, 0.15) is 23.9 Å². The summed E-state index contributed by atoms with van der Waals surface area (Å²) in [6, 6.07) is 6.61. The second-order valence-electron chi connectivity index (χ2n) is 6.13. The van der Waals surface area contributed by atoms with Crippen molar-refractivity contribution in [3.05, 3.63) is 41.2 Å². The molecule has 144 valence electrons. The van der Waals surface area contributed by atoms with Gasteiger partial charge in [-0.15, -0.1) is 0 Å². The molecular weight excluding hydrogens is 354 g/mol. The predicted molar refractivity (Wildman–Crippen MR) is 99.6 cm³/mol. The molecule has 27 heavy (non-hydrogen) atoms. The summed E-state index contributed by atoms with van der Waals surface area (Å²) >= 11 is 0. The third-order valence-corrected chi connectivity index (χ3v) is 4.29. The van der Waals surface area contributed by atoms with E-state index in [0.29, 0.717) is 23.3 Å². The van der Waals surface area contributed by atoms with Crippen LogP contribution in [0.15, 0.2) is 24.3 Å². The lowest BCUT2D eigenvalue weighted by Crippen LogP contribution is -2.05. The zero-order valence-corrected chi connectivity index (χ0v) is 15.7.